The Bertz CT molecular complexity index is 349. The van der Waals surface area contributed by atoms with Crippen molar-refractivity contribution in [2.45, 2.75) is 34.6 Å². The Kier molecular flexibility index (Phi) is 3.00. The van der Waals surface area contributed by atoms with E-state index in [9.17, 15) is 0 Å². The summed E-state index contributed by atoms with van der Waals surface area (Å²) in [5.74, 6) is 0. The summed E-state index contributed by atoms with van der Waals surface area (Å²) in [6, 6.07) is 0. The average Bonchev–Trinajstić information content (AvgIpc) is 2.09. The molecule has 0 amide bonds. The van der Waals surface area contributed by atoms with E-state index in [0.717, 1.165) is 5.70 Å². The van der Waals surface area contributed by atoms with E-state index >= 15 is 0 Å². The van der Waals surface area contributed by atoms with E-state index in [4.69, 9.17) is 0 Å². The van der Waals surface area contributed by atoms with Crippen molar-refractivity contribution in [3.8, 4) is 0 Å². The molecular formula is C13H19N. The molecule has 0 aromatic carbocycles. The van der Waals surface area contributed by atoms with Crippen LogP contribution in [0, 0.1) is 0 Å². The molecule has 0 N–H and O–H groups in total. The largest absolute Gasteiger partial charge is 0.321 e. The molecule has 0 radical (unpaired) electrons. The molecule has 0 unspecified atom stereocenters. The summed E-state index contributed by atoms with van der Waals surface area (Å²) in [7, 11) is 0. The van der Waals surface area contributed by atoms with Crippen molar-refractivity contribution in [2.75, 3.05) is 0 Å². The number of rotatable bonds is 1. The highest BCUT2D eigenvalue weighted by Crippen LogP contribution is 2.26. The number of allylic oxidation sites excluding steroid dienone is 5. The fraction of sp³-hybridized carbons (Fsp3) is 0.385. The highest BCUT2D eigenvalue weighted by Gasteiger charge is 2.13. The molecule has 1 rings (SSSR count). The maximum Gasteiger partial charge on any atom is 0.0409 e. The van der Waals surface area contributed by atoms with Crippen LogP contribution in [0.4, 0.5) is 0 Å². The molecule has 0 aromatic rings. The number of hydrogen-bond donors (Lipinski definition) is 0. The average molecular weight is 189 g/mol. The zero-order valence-corrected chi connectivity index (χ0v) is 9.81. The smallest absolute Gasteiger partial charge is 0.0409 e. The van der Waals surface area contributed by atoms with Crippen molar-refractivity contribution in [3.05, 3.63) is 47.0 Å². The molecule has 0 saturated carbocycles. The molecule has 14 heavy (non-hydrogen) atoms. The van der Waals surface area contributed by atoms with Gasteiger partial charge in [0.05, 0.1) is 0 Å². The van der Waals surface area contributed by atoms with Crippen LogP contribution in [-0.4, -0.2) is 4.90 Å². The number of nitrogens with zero attached hydrogens (tertiary/aromatic N) is 1. The molecular weight excluding hydrogens is 170 g/mol. The summed E-state index contributed by atoms with van der Waals surface area (Å²) >= 11 is 0. The molecule has 0 atom stereocenters. The van der Waals surface area contributed by atoms with Crippen LogP contribution in [0.25, 0.3) is 0 Å². The van der Waals surface area contributed by atoms with Crippen LogP contribution in [0.2, 0.25) is 0 Å². The minimum absolute atomic E-state index is 1.08. The van der Waals surface area contributed by atoms with Crippen LogP contribution >= 0.6 is 0 Å². The van der Waals surface area contributed by atoms with Gasteiger partial charge in [-0.1, -0.05) is 18.2 Å². The molecule has 76 valence electrons. The Morgan fingerprint density at radius 1 is 1.21 bits per heavy atom. The second-order valence-electron chi connectivity index (χ2n) is 4.10. The molecule has 1 nitrogen and oxygen atoms in total. The fourth-order valence-electron chi connectivity index (χ4n) is 1.47. The van der Waals surface area contributed by atoms with Crippen molar-refractivity contribution in [1.29, 1.82) is 0 Å². The summed E-state index contributed by atoms with van der Waals surface area (Å²) in [5.41, 5.74) is 6.18. The van der Waals surface area contributed by atoms with Gasteiger partial charge in [0.1, 0.15) is 0 Å². The van der Waals surface area contributed by atoms with Gasteiger partial charge >= 0.3 is 0 Å². The first kappa shape index (κ1) is 10.8. The van der Waals surface area contributed by atoms with Gasteiger partial charge in [0.2, 0.25) is 0 Å². The van der Waals surface area contributed by atoms with Crippen molar-refractivity contribution in [2.24, 2.45) is 0 Å². The lowest BCUT2D eigenvalue weighted by Crippen LogP contribution is -2.18. The standard InChI is InChI=1S/C13H19N/c1-9(2)12(5)14-8-10(3)7-11(4)13(14)6/h7-8H,6H2,1-5H3. The van der Waals surface area contributed by atoms with Gasteiger partial charge in [0.15, 0.2) is 0 Å². The van der Waals surface area contributed by atoms with Gasteiger partial charge in [-0.3, -0.25) is 0 Å². The molecule has 1 aliphatic rings. The summed E-state index contributed by atoms with van der Waals surface area (Å²) < 4.78 is 0. The van der Waals surface area contributed by atoms with E-state index in [0.29, 0.717) is 0 Å². The molecule has 1 heteroatoms. The molecule has 1 aliphatic heterocycles. The third-order valence-electron chi connectivity index (χ3n) is 2.61. The molecule has 0 aliphatic carbocycles. The molecule has 0 spiro atoms. The van der Waals surface area contributed by atoms with Crippen LogP contribution in [0.5, 0.6) is 0 Å². The molecule has 0 bridgehead atoms. The minimum atomic E-state index is 1.08. The van der Waals surface area contributed by atoms with Gasteiger partial charge in [0, 0.05) is 17.6 Å². The summed E-state index contributed by atoms with van der Waals surface area (Å²) in [5, 5.41) is 0. The van der Waals surface area contributed by atoms with Gasteiger partial charge < -0.3 is 4.90 Å². The SMILES string of the molecule is C=C1C(C)=CC(C)=CN1C(C)=C(C)C. The van der Waals surface area contributed by atoms with E-state index in [1.807, 2.05) is 0 Å². The van der Waals surface area contributed by atoms with Crippen molar-refractivity contribution < 1.29 is 0 Å². The van der Waals surface area contributed by atoms with Gasteiger partial charge in [-0.2, -0.15) is 0 Å². The Hall–Kier alpha value is -1.24. The molecule has 1 heterocycles. The van der Waals surface area contributed by atoms with Crippen LogP contribution in [0.3, 0.4) is 0 Å². The van der Waals surface area contributed by atoms with Gasteiger partial charge in [-0.25, -0.2) is 0 Å². The van der Waals surface area contributed by atoms with Crippen molar-refractivity contribution in [1.82, 2.24) is 4.90 Å². The van der Waals surface area contributed by atoms with E-state index in [2.05, 4.69) is 58.4 Å². The van der Waals surface area contributed by atoms with E-state index in [1.165, 1.54) is 22.4 Å². The van der Waals surface area contributed by atoms with Crippen molar-refractivity contribution >= 4 is 0 Å². The third kappa shape index (κ3) is 1.98. The Morgan fingerprint density at radius 3 is 2.29 bits per heavy atom. The zero-order chi connectivity index (χ0) is 10.9. The maximum absolute atomic E-state index is 4.09. The van der Waals surface area contributed by atoms with Crippen LogP contribution in [0.15, 0.2) is 47.0 Å². The normalized spacial score (nSPS) is 16.4. The summed E-state index contributed by atoms with van der Waals surface area (Å²) in [6.45, 7) is 14.7. The second-order valence-corrected chi connectivity index (χ2v) is 4.10. The molecule has 0 fully saturated rings. The highest BCUT2D eigenvalue weighted by atomic mass is 15.1. The zero-order valence-electron chi connectivity index (χ0n) is 9.81. The van der Waals surface area contributed by atoms with Gasteiger partial charge in [0.25, 0.3) is 0 Å². The van der Waals surface area contributed by atoms with Crippen molar-refractivity contribution in [3.63, 3.8) is 0 Å². The van der Waals surface area contributed by atoms with Crippen LogP contribution in [-0.2, 0) is 0 Å². The second kappa shape index (κ2) is 3.87. The highest BCUT2D eigenvalue weighted by molar-refractivity contribution is 5.41. The van der Waals surface area contributed by atoms with E-state index in [-0.39, 0.29) is 0 Å². The van der Waals surface area contributed by atoms with Gasteiger partial charge in [-0.15, -0.1) is 0 Å². The minimum Gasteiger partial charge on any atom is -0.321 e. The quantitative estimate of drug-likeness (QED) is 0.603. The summed E-state index contributed by atoms with van der Waals surface area (Å²) in [6.07, 6.45) is 4.30. The lowest BCUT2D eigenvalue weighted by molar-refractivity contribution is 0.568. The number of hydrogen-bond acceptors (Lipinski definition) is 1. The Balaban J connectivity index is 3.10. The fourth-order valence-corrected chi connectivity index (χ4v) is 1.47. The first-order valence-electron chi connectivity index (χ1n) is 4.92. The van der Waals surface area contributed by atoms with Crippen LogP contribution in [0.1, 0.15) is 34.6 Å². The van der Waals surface area contributed by atoms with Crippen LogP contribution < -0.4 is 0 Å². The maximum atomic E-state index is 4.09. The first-order chi connectivity index (χ1) is 6.43. The predicted octanol–water partition coefficient (Wildman–Crippen LogP) is 3.98. The predicted molar refractivity (Wildman–Crippen MR) is 62.5 cm³/mol. The first-order valence-corrected chi connectivity index (χ1v) is 4.92. The molecule has 0 saturated heterocycles. The third-order valence-corrected chi connectivity index (χ3v) is 2.61. The Labute approximate surface area is 87.1 Å². The monoisotopic (exact) mass is 189 g/mol. The lowest BCUT2D eigenvalue weighted by atomic mass is 10.1. The van der Waals surface area contributed by atoms with Gasteiger partial charge in [-0.05, 0) is 45.8 Å². The lowest BCUT2D eigenvalue weighted by Gasteiger charge is -2.29. The van der Waals surface area contributed by atoms with E-state index in [1.54, 1.807) is 0 Å². The van der Waals surface area contributed by atoms with E-state index < -0.39 is 0 Å². The topological polar surface area (TPSA) is 3.24 Å². The summed E-state index contributed by atoms with van der Waals surface area (Å²) in [4.78, 5) is 2.17. The Morgan fingerprint density at radius 2 is 1.79 bits per heavy atom. The molecule has 0 aromatic heterocycles.